The molecule has 0 radical (unpaired) electrons. The van der Waals surface area contributed by atoms with Gasteiger partial charge in [-0.25, -0.2) is 9.07 Å². The minimum Gasteiger partial charge on any atom is -0.386 e. The number of hydrogen-bond acceptors (Lipinski definition) is 5. The standard InChI is InChI=1S/C16H21FN4O2/c1-12-11-23-7-6-20(12)8-15-9-21(19-18-15)10-16(22)13-2-4-14(17)5-3-13/h2-5,9,12,16,22H,6-8,10-11H2,1H3/t12-,16+/m1/s1. The minimum atomic E-state index is -0.743. The van der Waals surface area contributed by atoms with Crippen molar-refractivity contribution in [1.29, 1.82) is 0 Å². The Labute approximate surface area is 134 Å². The molecule has 23 heavy (non-hydrogen) atoms. The molecule has 0 unspecified atom stereocenters. The molecule has 1 aliphatic rings. The highest BCUT2D eigenvalue weighted by Crippen LogP contribution is 2.16. The Morgan fingerprint density at radius 2 is 2.17 bits per heavy atom. The normalized spacial score (nSPS) is 20.6. The maximum absolute atomic E-state index is 12.9. The molecule has 2 aromatic rings. The molecule has 3 rings (SSSR count). The summed E-state index contributed by atoms with van der Waals surface area (Å²) in [5.74, 6) is -0.316. The van der Waals surface area contributed by atoms with E-state index in [4.69, 9.17) is 4.74 Å². The molecule has 1 aromatic heterocycles. The van der Waals surface area contributed by atoms with Crippen LogP contribution < -0.4 is 0 Å². The lowest BCUT2D eigenvalue weighted by atomic mass is 10.1. The van der Waals surface area contributed by atoms with E-state index < -0.39 is 6.10 Å². The van der Waals surface area contributed by atoms with Gasteiger partial charge in [0.25, 0.3) is 0 Å². The molecule has 0 amide bonds. The fourth-order valence-electron chi connectivity index (χ4n) is 2.67. The van der Waals surface area contributed by atoms with Crippen molar-refractivity contribution in [1.82, 2.24) is 19.9 Å². The Bertz CT molecular complexity index is 631. The maximum Gasteiger partial charge on any atom is 0.123 e. The molecule has 124 valence electrons. The Morgan fingerprint density at radius 1 is 1.39 bits per heavy atom. The first kappa shape index (κ1) is 16.0. The number of benzene rings is 1. The van der Waals surface area contributed by atoms with Crippen molar-refractivity contribution in [2.45, 2.75) is 32.2 Å². The van der Waals surface area contributed by atoms with Gasteiger partial charge in [0.1, 0.15) is 5.82 Å². The number of aliphatic hydroxyl groups is 1. The second-order valence-corrected chi connectivity index (χ2v) is 5.89. The SMILES string of the molecule is C[C@@H]1COCCN1Cc1cn(C[C@H](O)c2ccc(F)cc2)nn1. The zero-order valence-electron chi connectivity index (χ0n) is 13.1. The van der Waals surface area contributed by atoms with Gasteiger partial charge in [-0.1, -0.05) is 17.3 Å². The van der Waals surface area contributed by atoms with Crippen LogP contribution in [0.2, 0.25) is 0 Å². The Morgan fingerprint density at radius 3 is 2.91 bits per heavy atom. The van der Waals surface area contributed by atoms with E-state index in [1.165, 1.54) is 12.1 Å². The highest BCUT2D eigenvalue weighted by Gasteiger charge is 2.20. The zero-order chi connectivity index (χ0) is 16.2. The van der Waals surface area contributed by atoms with Gasteiger partial charge in [-0.2, -0.15) is 0 Å². The molecule has 1 N–H and O–H groups in total. The predicted octanol–water partition coefficient (Wildman–Crippen LogP) is 1.37. The molecule has 0 aliphatic carbocycles. The van der Waals surface area contributed by atoms with Gasteiger partial charge in [0, 0.05) is 25.3 Å². The van der Waals surface area contributed by atoms with Crippen molar-refractivity contribution in [2.24, 2.45) is 0 Å². The summed E-state index contributed by atoms with van der Waals surface area (Å²) >= 11 is 0. The second-order valence-electron chi connectivity index (χ2n) is 5.89. The van der Waals surface area contributed by atoms with Gasteiger partial charge in [0.2, 0.25) is 0 Å². The van der Waals surface area contributed by atoms with Gasteiger partial charge in [-0.05, 0) is 24.6 Å². The van der Waals surface area contributed by atoms with Crippen LogP contribution in [0.1, 0.15) is 24.3 Å². The van der Waals surface area contributed by atoms with Crippen molar-refractivity contribution in [3.8, 4) is 0 Å². The first-order chi connectivity index (χ1) is 11.1. The van der Waals surface area contributed by atoms with E-state index in [-0.39, 0.29) is 12.4 Å². The molecule has 1 saturated heterocycles. The van der Waals surface area contributed by atoms with Gasteiger partial charge in [0.05, 0.1) is 31.6 Å². The molecule has 1 fully saturated rings. The Kier molecular flexibility index (Phi) is 5.00. The summed E-state index contributed by atoms with van der Waals surface area (Å²) in [6.45, 7) is 5.49. The van der Waals surface area contributed by atoms with Crippen LogP contribution in [0.4, 0.5) is 4.39 Å². The summed E-state index contributed by atoms with van der Waals surface area (Å²) in [6, 6.07) is 6.19. The monoisotopic (exact) mass is 320 g/mol. The predicted molar refractivity (Wildman–Crippen MR) is 82.1 cm³/mol. The Balaban J connectivity index is 1.59. The molecule has 6 nitrogen and oxygen atoms in total. The van der Waals surface area contributed by atoms with Crippen LogP contribution in [0.5, 0.6) is 0 Å². The number of halogens is 1. The van der Waals surface area contributed by atoms with E-state index in [0.717, 1.165) is 32.0 Å². The van der Waals surface area contributed by atoms with Crippen LogP contribution >= 0.6 is 0 Å². The number of morpholine rings is 1. The summed E-state index contributed by atoms with van der Waals surface area (Å²) < 4.78 is 20.0. The number of nitrogens with zero attached hydrogens (tertiary/aromatic N) is 4. The van der Waals surface area contributed by atoms with Gasteiger partial charge in [-0.15, -0.1) is 5.10 Å². The molecule has 0 bridgehead atoms. The largest absolute Gasteiger partial charge is 0.386 e. The average molecular weight is 320 g/mol. The zero-order valence-corrected chi connectivity index (χ0v) is 13.1. The molecule has 0 saturated carbocycles. The second kappa shape index (κ2) is 7.16. The number of rotatable bonds is 5. The van der Waals surface area contributed by atoms with Crippen LogP contribution in [0.25, 0.3) is 0 Å². The number of hydrogen-bond donors (Lipinski definition) is 1. The lowest BCUT2D eigenvalue weighted by molar-refractivity contribution is -0.00492. The lowest BCUT2D eigenvalue weighted by Gasteiger charge is -2.32. The molecule has 2 heterocycles. The summed E-state index contributed by atoms with van der Waals surface area (Å²) in [7, 11) is 0. The maximum atomic E-state index is 12.9. The fourth-order valence-corrected chi connectivity index (χ4v) is 2.67. The molecule has 0 spiro atoms. The van der Waals surface area contributed by atoms with Gasteiger partial charge < -0.3 is 9.84 Å². The number of ether oxygens (including phenoxy) is 1. The molecular weight excluding hydrogens is 299 g/mol. The number of aliphatic hydroxyl groups excluding tert-OH is 1. The number of aromatic nitrogens is 3. The molecule has 1 aromatic carbocycles. The van der Waals surface area contributed by atoms with E-state index in [2.05, 4.69) is 22.1 Å². The smallest absolute Gasteiger partial charge is 0.123 e. The third-order valence-corrected chi connectivity index (χ3v) is 4.07. The minimum absolute atomic E-state index is 0.289. The van der Waals surface area contributed by atoms with Gasteiger partial charge in [0.15, 0.2) is 0 Å². The van der Waals surface area contributed by atoms with Crippen molar-refractivity contribution in [3.05, 3.63) is 47.5 Å². The van der Waals surface area contributed by atoms with Gasteiger partial charge in [-0.3, -0.25) is 4.90 Å². The van der Waals surface area contributed by atoms with Crippen LogP contribution in [0, 0.1) is 5.82 Å². The van der Waals surface area contributed by atoms with Crippen LogP contribution in [-0.2, 0) is 17.8 Å². The third kappa shape index (κ3) is 4.13. The summed E-state index contributed by atoms with van der Waals surface area (Å²) in [5, 5.41) is 18.4. The Hall–Kier alpha value is -1.83. The van der Waals surface area contributed by atoms with Gasteiger partial charge >= 0.3 is 0 Å². The quantitative estimate of drug-likeness (QED) is 0.901. The lowest BCUT2D eigenvalue weighted by Crippen LogP contribution is -2.42. The average Bonchev–Trinajstić information content (AvgIpc) is 2.97. The van der Waals surface area contributed by atoms with E-state index in [0.29, 0.717) is 11.6 Å². The fraction of sp³-hybridized carbons (Fsp3) is 0.500. The first-order valence-corrected chi connectivity index (χ1v) is 7.76. The van der Waals surface area contributed by atoms with E-state index in [1.54, 1.807) is 16.8 Å². The van der Waals surface area contributed by atoms with Crippen LogP contribution in [0.15, 0.2) is 30.5 Å². The van der Waals surface area contributed by atoms with E-state index in [1.807, 2.05) is 6.20 Å². The van der Waals surface area contributed by atoms with Crippen molar-refractivity contribution < 1.29 is 14.2 Å². The molecule has 1 aliphatic heterocycles. The highest BCUT2D eigenvalue weighted by atomic mass is 19.1. The summed E-state index contributed by atoms with van der Waals surface area (Å²) in [6.07, 6.45) is 1.10. The molecular formula is C16H21FN4O2. The molecule has 2 atom stereocenters. The third-order valence-electron chi connectivity index (χ3n) is 4.07. The van der Waals surface area contributed by atoms with E-state index in [9.17, 15) is 9.50 Å². The summed E-state index contributed by atoms with van der Waals surface area (Å²) in [5.41, 5.74) is 1.52. The summed E-state index contributed by atoms with van der Waals surface area (Å²) in [4.78, 5) is 2.30. The van der Waals surface area contributed by atoms with Crippen LogP contribution in [0.3, 0.4) is 0 Å². The van der Waals surface area contributed by atoms with Crippen LogP contribution in [-0.4, -0.2) is 50.8 Å². The van der Waals surface area contributed by atoms with Crippen molar-refractivity contribution >= 4 is 0 Å². The molecule has 7 heteroatoms. The van der Waals surface area contributed by atoms with Crippen molar-refractivity contribution in [2.75, 3.05) is 19.8 Å². The first-order valence-electron chi connectivity index (χ1n) is 7.76. The van der Waals surface area contributed by atoms with E-state index >= 15 is 0 Å². The highest BCUT2D eigenvalue weighted by molar-refractivity contribution is 5.18. The topological polar surface area (TPSA) is 63.4 Å². The van der Waals surface area contributed by atoms with Crippen molar-refractivity contribution in [3.63, 3.8) is 0 Å².